The van der Waals surface area contributed by atoms with Gasteiger partial charge in [-0.25, -0.2) is 0 Å². The van der Waals surface area contributed by atoms with Gasteiger partial charge in [0.2, 0.25) is 5.91 Å². The van der Waals surface area contributed by atoms with Crippen LogP contribution in [-0.2, 0) is 15.0 Å². The number of nitrogens with zero attached hydrogens (tertiary/aromatic N) is 1. The Morgan fingerprint density at radius 3 is 2.34 bits per heavy atom. The van der Waals surface area contributed by atoms with Crippen molar-refractivity contribution >= 4 is 18.0 Å². The fourth-order valence-corrected chi connectivity index (χ4v) is 3.93. The summed E-state index contributed by atoms with van der Waals surface area (Å²) in [5.74, 6) is 0.439. The summed E-state index contributed by atoms with van der Waals surface area (Å²) in [4.78, 5) is 26.4. The lowest BCUT2D eigenvalue weighted by Gasteiger charge is -2.38. The summed E-state index contributed by atoms with van der Waals surface area (Å²) in [6.45, 7) is 1.87. The Hall–Kier alpha value is -3.28. The predicted molar refractivity (Wildman–Crippen MR) is 108 cm³/mol. The highest BCUT2D eigenvalue weighted by Gasteiger charge is 2.43. The maximum absolute atomic E-state index is 12.6. The Bertz CT molecular complexity index is 930. The second-order valence-electron chi connectivity index (χ2n) is 7.31. The first kappa shape index (κ1) is 19.1. The van der Waals surface area contributed by atoms with Gasteiger partial charge in [0.25, 0.3) is 0 Å². The third-order valence-electron chi connectivity index (χ3n) is 5.65. The molecule has 4 rings (SSSR count). The minimum atomic E-state index is -0.933. The average molecular weight is 393 g/mol. The van der Waals surface area contributed by atoms with Crippen LogP contribution in [0.5, 0.6) is 11.5 Å². The zero-order chi connectivity index (χ0) is 20.3. The van der Waals surface area contributed by atoms with Crippen LogP contribution in [0.2, 0.25) is 0 Å². The Kier molecular flexibility index (Phi) is 5.25. The number of carbonyl (C=O) groups excluding carboxylic acids is 1. The van der Waals surface area contributed by atoms with Crippen molar-refractivity contribution in [3.63, 3.8) is 0 Å². The predicted octanol–water partition coefficient (Wildman–Crippen LogP) is 3.12. The number of likely N-dealkylation sites (tertiary alicyclic amines) is 1. The third-order valence-corrected chi connectivity index (χ3v) is 5.65. The van der Waals surface area contributed by atoms with E-state index >= 15 is 0 Å². The molecule has 2 aromatic carbocycles. The molecule has 2 aliphatic heterocycles. The van der Waals surface area contributed by atoms with Crippen molar-refractivity contribution in [2.75, 3.05) is 26.3 Å². The number of hydrogen-bond donors (Lipinski definition) is 1. The van der Waals surface area contributed by atoms with Gasteiger partial charge in [-0.3, -0.25) is 9.59 Å². The van der Waals surface area contributed by atoms with Gasteiger partial charge in [-0.1, -0.05) is 36.4 Å². The SMILES string of the molecule is O=C(/C=C/c1ccc2c(c1)OCCO2)N1CCC(C(=O)O)(c2ccccc2)CC1. The molecule has 2 heterocycles. The van der Waals surface area contributed by atoms with E-state index in [0.29, 0.717) is 50.6 Å². The number of carboxylic acids is 1. The minimum absolute atomic E-state index is 0.119. The molecule has 0 aromatic heterocycles. The number of piperidine rings is 1. The Labute approximate surface area is 169 Å². The fraction of sp³-hybridized carbons (Fsp3) is 0.304. The van der Waals surface area contributed by atoms with Crippen molar-refractivity contribution in [1.29, 1.82) is 0 Å². The van der Waals surface area contributed by atoms with Gasteiger partial charge < -0.3 is 19.5 Å². The van der Waals surface area contributed by atoms with Crippen molar-refractivity contribution in [3.05, 3.63) is 65.7 Å². The summed E-state index contributed by atoms with van der Waals surface area (Å²) in [5, 5.41) is 9.88. The first-order chi connectivity index (χ1) is 14.1. The quantitative estimate of drug-likeness (QED) is 0.808. The second kappa shape index (κ2) is 7.99. The molecule has 0 atom stereocenters. The standard InChI is InChI=1S/C23H23NO5/c25-21(9-7-17-6-8-19-20(16-17)29-15-14-28-19)24-12-10-23(11-13-24,22(26)27)18-4-2-1-3-5-18/h1-9,16H,10-15H2,(H,26,27)/b9-7+. The van der Waals surface area contributed by atoms with Crippen LogP contribution in [-0.4, -0.2) is 48.2 Å². The molecule has 29 heavy (non-hydrogen) atoms. The Balaban J connectivity index is 1.42. The van der Waals surface area contributed by atoms with Crippen molar-refractivity contribution in [3.8, 4) is 11.5 Å². The lowest BCUT2D eigenvalue weighted by Crippen LogP contribution is -2.48. The van der Waals surface area contributed by atoms with E-state index in [4.69, 9.17) is 9.47 Å². The maximum atomic E-state index is 12.6. The van der Waals surface area contributed by atoms with Gasteiger partial charge in [0.05, 0.1) is 5.41 Å². The van der Waals surface area contributed by atoms with Crippen LogP contribution in [0.25, 0.3) is 6.08 Å². The molecule has 6 nitrogen and oxygen atoms in total. The molecule has 1 N–H and O–H groups in total. The molecule has 0 bridgehead atoms. The number of hydrogen-bond acceptors (Lipinski definition) is 4. The summed E-state index contributed by atoms with van der Waals surface area (Å²) in [6, 6.07) is 14.8. The number of amides is 1. The van der Waals surface area contributed by atoms with Crippen LogP contribution in [0.3, 0.4) is 0 Å². The molecule has 0 aliphatic carbocycles. The zero-order valence-electron chi connectivity index (χ0n) is 16.0. The number of ether oxygens (including phenoxy) is 2. The van der Waals surface area contributed by atoms with Gasteiger partial charge >= 0.3 is 5.97 Å². The minimum Gasteiger partial charge on any atom is -0.486 e. The number of rotatable bonds is 4. The Morgan fingerprint density at radius 1 is 0.966 bits per heavy atom. The van der Waals surface area contributed by atoms with Crippen molar-refractivity contribution in [2.24, 2.45) is 0 Å². The van der Waals surface area contributed by atoms with Gasteiger partial charge in [-0.2, -0.15) is 0 Å². The topological polar surface area (TPSA) is 76.1 Å². The molecule has 1 amide bonds. The molecule has 150 valence electrons. The molecule has 0 spiro atoms. The van der Waals surface area contributed by atoms with Crippen LogP contribution in [0.1, 0.15) is 24.0 Å². The van der Waals surface area contributed by atoms with Gasteiger partial charge in [0.15, 0.2) is 11.5 Å². The first-order valence-electron chi connectivity index (χ1n) is 9.74. The van der Waals surface area contributed by atoms with Gasteiger partial charge in [0.1, 0.15) is 13.2 Å². The van der Waals surface area contributed by atoms with Crippen molar-refractivity contribution in [1.82, 2.24) is 4.90 Å². The Morgan fingerprint density at radius 2 is 1.66 bits per heavy atom. The van der Waals surface area contributed by atoms with Crippen LogP contribution >= 0.6 is 0 Å². The molecule has 1 fully saturated rings. The van der Waals surface area contributed by atoms with E-state index in [1.165, 1.54) is 6.08 Å². The second-order valence-corrected chi connectivity index (χ2v) is 7.31. The normalized spacial score (nSPS) is 17.9. The molecule has 2 aliphatic rings. The van der Waals surface area contributed by atoms with E-state index < -0.39 is 11.4 Å². The summed E-state index contributed by atoms with van der Waals surface area (Å²) >= 11 is 0. The number of fused-ring (bicyclic) bond motifs is 1. The maximum Gasteiger partial charge on any atom is 0.314 e. The lowest BCUT2D eigenvalue weighted by atomic mass is 9.73. The molecular weight excluding hydrogens is 370 g/mol. The number of carbonyl (C=O) groups is 2. The van der Waals surface area contributed by atoms with E-state index in [2.05, 4.69) is 0 Å². The molecule has 1 saturated heterocycles. The van der Waals surface area contributed by atoms with Gasteiger partial charge in [0, 0.05) is 19.2 Å². The number of carboxylic acid groups (broad SMARTS) is 1. The molecule has 0 saturated carbocycles. The van der Waals surface area contributed by atoms with Gasteiger partial charge in [-0.15, -0.1) is 0 Å². The monoisotopic (exact) mass is 393 g/mol. The van der Waals surface area contributed by atoms with Crippen molar-refractivity contribution in [2.45, 2.75) is 18.3 Å². The van der Waals surface area contributed by atoms with Gasteiger partial charge in [-0.05, 0) is 42.2 Å². The smallest absolute Gasteiger partial charge is 0.314 e. The van der Waals surface area contributed by atoms with Crippen LogP contribution in [0, 0.1) is 0 Å². The largest absolute Gasteiger partial charge is 0.486 e. The molecule has 6 heteroatoms. The van der Waals surface area contributed by atoms with E-state index in [9.17, 15) is 14.7 Å². The van der Waals surface area contributed by atoms with E-state index in [0.717, 1.165) is 11.1 Å². The summed E-state index contributed by atoms with van der Waals surface area (Å²) in [7, 11) is 0. The molecule has 0 unspecified atom stereocenters. The highest BCUT2D eigenvalue weighted by Crippen LogP contribution is 2.36. The third kappa shape index (κ3) is 3.83. The summed E-state index contributed by atoms with van der Waals surface area (Å²) < 4.78 is 11.1. The van der Waals surface area contributed by atoms with Crippen molar-refractivity contribution < 1.29 is 24.2 Å². The summed E-state index contributed by atoms with van der Waals surface area (Å²) in [5.41, 5.74) is 0.715. The molecule has 2 aromatic rings. The van der Waals surface area contributed by atoms with Crippen LogP contribution in [0.15, 0.2) is 54.6 Å². The van der Waals surface area contributed by atoms with E-state index in [1.54, 1.807) is 11.0 Å². The van der Waals surface area contributed by atoms with Crippen LogP contribution in [0.4, 0.5) is 0 Å². The number of aliphatic carboxylic acids is 1. The highest BCUT2D eigenvalue weighted by atomic mass is 16.6. The molecular formula is C23H23NO5. The fourth-order valence-electron chi connectivity index (χ4n) is 3.93. The zero-order valence-corrected chi connectivity index (χ0v) is 16.0. The van der Waals surface area contributed by atoms with E-state index in [-0.39, 0.29) is 5.91 Å². The highest BCUT2D eigenvalue weighted by molar-refractivity contribution is 5.92. The number of benzene rings is 2. The summed E-state index contributed by atoms with van der Waals surface area (Å²) in [6.07, 6.45) is 4.07. The molecule has 0 radical (unpaired) electrons. The lowest BCUT2D eigenvalue weighted by molar-refractivity contribution is -0.147. The van der Waals surface area contributed by atoms with E-state index in [1.807, 2.05) is 48.5 Å². The van der Waals surface area contributed by atoms with Crippen LogP contribution < -0.4 is 9.47 Å². The average Bonchev–Trinajstić information content (AvgIpc) is 2.78. The first-order valence-corrected chi connectivity index (χ1v) is 9.74.